The number of nitrogens with one attached hydrogen (secondary N) is 1. The number of carboxylic acid groups (broad SMARTS) is 2. The molecule has 0 unspecified atom stereocenters. The molecule has 7 heteroatoms. The SMILES string of the molecule is CC1(C)[C@H](C(=O)O)[C@H]1C(=O)N[C@H](CC(=O)O)c1cccc(F)c1. The van der Waals surface area contributed by atoms with E-state index in [0.29, 0.717) is 5.56 Å². The van der Waals surface area contributed by atoms with Gasteiger partial charge in [-0.3, -0.25) is 14.4 Å². The first-order chi connectivity index (χ1) is 10.6. The Balaban J connectivity index is 2.17. The molecule has 0 spiro atoms. The van der Waals surface area contributed by atoms with Crippen LogP contribution in [0, 0.1) is 23.1 Å². The van der Waals surface area contributed by atoms with E-state index < -0.39 is 53.4 Å². The van der Waals surface area contributed by atoms with Gasteiger partial charge in [0.05, 0.1) is 24.3 Å². The van der Waals surface area contributed by atoms with E-state index in [4.69, 9.17) is 10.2 Å². The first-order valence-electron chi connectivity index (χ1n) is 7.15. The zero-order chi connectivity index (χ0) is 17.4. The summed E-state index contributed by atoms with van der Waals surface area (Å²) in [6, 6.07) is 4.39. The summed E-state index contributed by atoms with van der Waals surface area (Å²) in [7, 11) is 0. The van der Waals surface area contributed by atoms with E-state index in [0.717, 1.165) is 6.07 Å². The molecule has 0 bridgehead atoms. The van der Waals surface area contributed by atoms with Gasteiger partial charge in [0, 0.05) is 0 Å². The minimum Gasteiger partial charge on any atom is -0.481 e. The lowest BCUT2D eigenvalue weighted by atomic mass is 10.0. The summed E-state index contributed by atoms with van der Waals surface area (Å²) in [4.78, 5) is 34.5. The molecule has 1 amide bonds. The van der Waals surface area contributed by atoms with Crippen LogP contribution >= 0.6 is 0 Å². The number of amides is 1. The van der Waals surface area contributed by atoms with Crippen LogP contribution in [0.4, 0.5) is 4.39 Å². The molecule has 3 atom stereocenters. The van der Waals surface area contributed by atoms with Crippen LogP contribution < -0.4 is 5.32 Å². The number of aliphatic carboxylic acids is 2. The largest absolute Gasteiger partial charge is 0.481 e. The molecule has 3 N–H and O–H groups in total. The minimum absolute atomic E-state index is 0.325. The van der Waals surface area contributed by atoms with Gasteiger partial charge in [0.1, 0.15) is 5.82 Å². The molecule has 2 rings (SSSR count). The van der Waals surface area contributed by atoms with E-state index in [1.54, 1.807) is 13.8 Å². The first kappa shape index (κ1) is 16.9. The molecule has 1 fully saturated rings. The second-order valence-electron chi connectivity index (χ2n) is 6.33. The number of hydrogen-bond acceptors (Lipinski definition) is 3. The Hall–Kier alpha value is -2.44. The molecule has 1 saturated carbocycles. The summed E-state index contributed by atoms with van der Waals surface area (Å²) in [5.74, 6) is -4.81. The average Bonchev–Trinajstić information content (AvgIpc) is 3.00. The van der Waals surface area contributed by atoms with Gasteiger partial charge in [-0.1, -0.05) is 26.0 Å². The van der Waals surface area contributed by atoms with Gasteiger partial charge in [-0.2, -0.15) is 0 Å². The van der Waals surface area contributed by atoms with Crippen LogP contribution in [-0.2, 0) is 14.4 Å². The lowest BCUT2D eigenvalue weighted by molar-refractivity contribution is -0.141. The van der Waals surface area contributed by atoms with Gasteiger partial charge in [0.25, 0.3) is 0 Å². The molecule has 124 valence electrons. The molecule has 1 aromatic carbocycles. The van der Waals surface area contributed by atoms with Crippen molar-refractivity contribution in [3.8, 4) is 0 Å². The highest BCUT2D eigenvalue weighted by molar-refractivity contribution is 5.92. The molecule has 6 nitrogen and oxygen atoms in total. The predicted octanol–water partition coefficient (Wildman–Crippen LogP) is 1.81. The van der Waals surface area contributed by atoms with Crippen molar-refractivity contribution in [2.24, 2.45) is 17.3 Å². The van der Waals surface area contributed by atoms with E-state index >= 15 is 0 Å². The molecular weight excluding hydrogens is 305 g/mol. The van der Waals surface area contributed by atoms with Gasteiger partial charge in [-0.05, 0) is 23.1 Å². The summed E-state index contributed by atoms with van der Waals surface area (Å²) in [5.41, 5.74) is -0.364. The molecule has 0 aliphatic heterocycles. The lowest BCUT2D eigenvalue weighted by Crippen LogP contribution is -2.33. The smallest absolute Gasteiger partial charge is 0.307 e. The van der Waals surface area contributed by atoms with Gasteiger partial charge in [0.15, 0.2) is 0 Å². The fourth-order valence-corrected chi connectivity index (χ4v) is 3.00. The number of halogens is 1. The Bertz CT molecular complexity index is 658. The van der Waals surface area contributed by atoms with Crippen molar-refractivity contribution in [2.75, 3.05) is 0 Å². The lowest BCUT2D eigenvalue weighted by Gasteiger charge is -2.18. The number of hydrogen-bond donors (Lipinski definition) is 3. The molecule has 0 radical (unpaired) electrons. The van der Waals surface area contributed by atoms with E-state index in [1.165, 1.54) is 18.2 Å². The van der Waals surface area contributed by atoms with Crippen LogP contribution in [0.3, 0.4) is 0 Å². The van der Waals surface area contributed by atoms with Crippen molar-refractivity contribution < 1.29 is 29.0 Å². The van der Waals surface area contributed by atoms with E-state index in [2.05, 4.69) is 5.32 Å². The Morgan fingerprint density at radius 2 is 1.91 bits per heavy atom. The molecule has 23 heavy (non-hydrogen) atoms. The summed E-state index contributed by atoms with van der Waals surface area (Å²) < 4.78 is 13.3. The van der Waals surface area contributed by atoms with Gasteiger partial charge >= 0.3 is 11.9 Å². The first-order valence-corrected chi connectivity index (χ1v) is 7.15. The highest BCUT2D eigenvalue weighted by Gasteiger charge is 2.66. The molecule has 1 aliphatic carbocycles. The Kier molecular flexibility index (Phi) is 4.40. The van der Waals surface area contributed by atoms with Crippen LogP contribution in [-0.4, -0.2) is 28.1 Å². The molecule has 1 aromatic rings. The Labute approximate surface area is 132 Å². The van der Waals surface area contributed by atoms with E-state index in [1.807, 2.05) is 0 Å². The normalized spacial score (nSPS) is 22.9. The maximum Gasteiger partial charge on any atom is 0.307 e. The van der Waals surface area contributed by atoms with E-state index in [-0.39, 0.29) is 0 Å². The van der Waals surface area contributed by atoms with Gasteiger partial charge in [0.2, 0.25) is 5.91 Å². The summed E-state index contributed by atoms with van der Waals surface area (Å²) in [6.07, 6.45) is -0.417. The van der Waals surface area contributed by atoms with Crippen molar-refractivity contribution in [1.82, 2.24) is 5.32 Å². The third-order valence-corrected chi connectivity index (χ3v) is 4.32. The third kappa shape index (κ3) is 3.49. The zero-order valence-corrected chi connectivity index (χ0v) is 12.7. The summed E-state index contributed by atoms with van der Waals surface area (Å²) in [6.45, 7) is 3.34. The van der Waals surface area contributed by atoms with E-state index in [9.17, 15) is 18.8 Å². The van der Waals surface area contributed by atoms with Crippen LogP contribution in [0.25, 0.3) is 0 Å². The second-order valence-corrected chi connectivity index (χ2v) is 6.33. The zero-order valence-electron chi connectivity index (χ0n) is 12.7. The topological polar surface area (TPSA) is 104 Å². The third-order valence-electron chi connectivity index (χ3n) is 4.32. The van der Waals surface area contributed by atoms with Gasteiger partial charge in [-0.15, -0.1) is 0 Å². The number of carbonyl (C=O) groups is 3. The van der Waals surface area contributed by atoms with Crippen LogP contribution in [0.2, 0.25) is 0 Å². The number of carboxylic acids is 2. The van der Waals surface area contributed by atoms with Gasteiger partial charge < -0.3 is 15.5 Å². The van der Waals surface area contributed by atoms with Crippen LogP contribution in [0.15, 0.2) is 24.3 Å². The average molecular weight is 323 g/mol. The van der Waals surface area contributed by atoms with Crippen molar-refractivity contribution >= 4 is 17.8 Å². The highest BCUT2D eigenvalue weighted by atomic mass is 19.1. The highest BCUT2D eigenvalue weighted by Crippen LogP contribution is 2.58. The number of rotatable bonds is 6. The molecule has 0 saturated heterocycles. The van der Waals surface area contributed by atoms with Crippen molar-refractivity contribution in [1.29, 1.82) is 0 Å². The molecular formula is C16H18FNO5. The Morgan fingerprint density at radius 3 is 2.39 bits per heavy atom. The van der Waals surface area contributed by atoms with Crippen molar-refractivity contribution in [2.45, 2.75) is 26.3 Å². The van der Waals surface area contributed by atoms with Gasteiger partial charge in [-0.25, -0.2) is 4.39 Å². The number of carbonyl (C=O) groups excluding carboxylic acids is 1. The fourth-order valence-electron chi connectivity index (χ4n) is 3.00. The Morgan fingerprint density at radius 1 is 1.26 bits per heavy atom. The quantitative estimate of drug-likeness (QED) is 0.741. The second kappa shape index (κ2) is 5.98. The maximum atomic E-state index is 13.3. The minimum atomic E-state index is -1.15. The molecule has 0 aromatic heterocycles. The fraction of sp³-hybridized carbons (Fsp3) is 0.438. The standard InChI is InChI=1S/C16H18FNO5/c1-16(2)12(13(16)15(22)23)14(21)18-10(7-11(19)20)8-4-3-5-9(17)6-8/h3-6,10,12-13H,7H2,1-2H3,(H,18,21)(H,19,20)(H,22,23)/t10-,12+,13+/m1/s1. The number of benzene rings is 1. The van der Waals surface area contributed by atoms with Crippen molar-refractivity contribution in [3.63, 3.8) is 0 Å². The maximum absolute atomic E-state index is 13.3. The summed E-state index contributed by atoms with van der Waals surface area (Å²) >= 11 is 0. The monoisotopic (exact) mass is 323 g/mol. The molecule has 0 heterocycles. The van der Waals surface area contributed by atoms with Crippen molar-refractivity contribution in [3.05, 3.63) is 35.6 Å². The van der Waals surface area contributed by atoms with Crippen LogP contribution in [0.1, 0.15) is 31.9 Å². The predicted molar refractivity (Wildman–Crippen MR) is 77.9 cm³/mol. The van der Waals surface area contributed by atoms with Crippen LogP contribution in [0.5, 0.6) is 0 Å². The summed E-state index contributed by atoms with van der Waals surface area (Å²) in [5, 5.41) is 20.6. The molecule has 1 aliphatic rings.